The van der Waals surface area contributed by atoms with Crippen molar-refractivity contribution >= 4 is 17.3 Å². The molecule has 0 spiro atoms. The number of ether oxygens (including phenoxy) is 1. The fourth-order valence-corrected chi connectivity index (χ4v) is 3.49. The molecule has 1 heterocycles. The minimum Gasteiger partial charge on any atom is -0.495 e. The van der Waals surface area contributed by atoms with E-state index < -0.39 is 0 Å². The molecule has 0 aromatic heterocycles. The Kier molecular flexibility index (Phi) is 7.04. The van der Waals surface area contributed by atoms with Crippen molar-refractivity contribution in [2.24, 2.45) is 0 Å². The topological polar surface area (TPSA) is 59.8 Å². The zero-order chi connectivity index (χ0) is 20.6. The molecule has 0 bridgehead atoms. The fraction of sp³-hybridized carbons (Fsp3) is 0.364. The molecule has 0 unspecified atom stereocenters. The van der Waals surface area contributed by atoms with Gasteiger partial charge in [-0.05, 0) is 36.4 Å². The van der Waals surface area contributed by atoms with Crippen LogP contribution in [0.25, 0.3) is 0 Å². The van der Waals surface area contributed by atoms with Crippen molar-refractivity contribution in [1.82, 2.24) is 4.90 Å². The van der Waals surface area contributed by atoms with Crippen LogP contribution < -0.4 is 14.5 Å². The van der Waals surface area contributed by atoms with E-state index in [9.17, 15) is 9.18 Å². The summed E-state index contributed by atoms with van der Waals surface area (Å²) in [5, 5.41) is 8.99. The molecule has 0 atom stereocenters. The molecule has 1 amide bonds. The smallest absolute Gasteiger partial charge is 0.241 e. The predicted molar refractivity (Wildman–Crippen MR) is 111 cm³/mol. The lowest BCUT2D eigenvalue weighted by Crippen LogP contribution is -2.50. The van der Waals surface area contributed by atoms with Gasteiger partial charge < -0.3 is 14.5 Å². The van der Waals surface area contributed by atoms with E-state index in [1.54, 1.807) is 24.1 Å². The van der Waals surface area contributed by atoms with E-state index in [1.165, 1.54) is 12.1 Å². The Morgan fingerprint density at radius 3 is 2.48 bits per heavy atom. The standard InChI is InChI=1S/C22H25FN4O2/c1-29-21-6-3-2-5-20(21)27(12-4-11-24)22(28)17-25-13-15-26(16-14-25)19-9-7-18(23)8-10-19/h2-3,5-10H,4,12-17H2,1H3. The van der Waals surface area contributed by atoms with Gasteiger partial charge in [0.1, 0.15) is 11.6 Å². The summed E-state index contributed by atoms with van der Waals surface area (Å²) in [5.41, 5.74) is 1.67. The molecular weight excluding hydrogens is 371 g/mol. The number of piperazine rings is 1. The Bertz CT molecular complexity index is 858. The molecule has 0 saturated carbocycles. The summed E-state index contributed by atoms with van der Waals surface area (Å²) in [7, 11) is 1.57. The number of carbonyl (C=O) groups excluding carboxylic acids is 1. The van der Waals surface area contributed by atoms with Crippen molar-refractivity contribution in [3.8, 4) is 11.8 Å². The highest BCUT2D eigenvalue weighted by Gasteiger charge is 2.24. The summed E-state index contributed by atoms with van der Waals surface area (Å²) in [6.07, 6.45) is 0.252. The maximum absolute atomic E-state index is 13.1. The van der Waals surface area contributed by atoms with E-state index in [4.69, 9.17) is 10.00 Å². The molecule has 0 radical (unpaired) electrons. The number of carbonyl (C=O) groups is 1. The highest BCUT2D eigenvalue weighted by molar-refractivity contribution is 5.96. The number of hydrogen-bond acceptors (Lipinski definition) is 5. The van der Waals surface area contributed by atoms with Gasteiger partial charge in [-0.2, -0.15) is 5.26 Å². The number of benzene rings is 2. The van der Waals surface area contributed by atoms with Gasteiger partial charge in [0, 0.05) is 38.4 Å². The lowest BCUT2D eigenvalue weighted by molar-refractivity contribution is -0.119. The lowest BCUT2D eigenvalue weighted by atomic mass is 10.2. The van der Waals surface area contributed by atoms with Crippen LogP contribution in [0.4, 0.5) is 15.8 Å². The Balaban J connectivity index is 1.63. The minimum absolute atomic E-state index is 0.0556. The maximum atomic E-state index is 13.1. The molecule has 7 heteroatoms. The van der Waals surface area contributed by atoms with Crippen LogP contribution in [-0.4, -0.2) is 57.2 Å². The van der Waals surface area contributed by atoms with Crippen LogP contribution in [0.2, 0.25) is 0 Å². The first kappa shape index (κ1) is 20.6. The number of hydrogen-bond donors (Lipinski definition) is 0. The van der Waals surface area contributed by atoms with E-state index >= 15 is 0 Å². The van der Waals surface area contributed by atoms with Gasteiger partial charge >= 0.3 is 0 Å². The predicted octanol–water partition coefficient (Wildman–Crippen LogP) is 2.90. The average Bonchev–Trinajstić information content (AvgIpc) is 2.75. The molecule has 1 aliphatic rings. The Morgan fingerprint density at radius 2 is 1.83 bits per heavy atom. The molecule has 1 fully saturated rings. The summed E-state index contributed by atoms with van der Waals surface area (Å²) in [6.45, 7) is 3.62. The normalized spacial score (nSPS) is 14.3. The number of para-hydroxylation sites is 2. The van der Waals surface area contributed by atoms with Gasteiger partial charge in [-0.25, -0.2) is 4.39 Å². The van der Waals surface area contributed by atoms with Crippen molar-refractivity contribution in [3.63, 3.8) is 0 Å². The second-order valence-corrected chi connectivity index (χ2v) is 6.86. The summed E-state index contributed by atoms with van der Waals surface area (Å²) in [5.74, 6) is 0.312. The summed E-state index contributed by atoms with van der Waals surface area (Å²) >= 11 is 0. The minimum atomic E-state index is -0.244. The highest BCUT2D eigenvalue weighted by Crippen LogP contribution is 2.28. The zero-order valence-corrected chi connectivity index (χ0v) is 16.6. The van der Waals surface area contributed by atoms with Crippen LogP contribution in [0.15, 0.2) is 48.5 Å². The third-order valence-electron chi connectivity index (χ3n) is 5.05. The number of rotatable bonds is 7. The quantitative estimate of drug-likeness (QED) is 0.720. The van der Waals surface area contributed by atoms with Gasteiger partial charge in [-0.15, -0.1) is 0 Å². The van der Waals surface area contributed by atoms with Gasteiger partial charge in [-0.1, -0.05) is 12.1 Å². The van der Waals surface area contributed by atoms with E-state index in [-0.39, 0.29) is 24.7 Å². The average molecular weight is 396 g/mol. The van der Waals surface area contributed by atoms with Gasteiger partial charge in [0.2, 0.25) is 5.91 Å². The summed E-state index contributed by atoms with van der Waals surface area (Å²) in [6, 6.07) is 15.9. The van der Waals surface area contributed by atoms with Crippen LogP contribution in [0, 0.1) is 17.1 Å². The molecular formula is C22H25FN4O2. The third-order valence-corrected chi connectivity index (χ3v) is 5.05. The van der Waals surface area contributed by atoms with E-state index in [0.717, 1.165) is 31.9 Å². The molecule has 0 aliphatic carbocycles. The molecule has 1 aliphatic heterocycles. The zero-order valence-electron chi connectivity index (χ0n) is 16.6. The van der Waals surface area contributed by atoms with Crippen molar-refractivity contribution < 1.29 is 13.9 Å². The van der Waals surface area contributed by atoms with Crippen molar-refractivity contribution in [1.29, 1.82) is 5.26 Å². The Hall–Kier alpha value is -3.11. The number of halogens is 1. The Morgan fingerprint density at radius 1 is 1.14 bits per heavy atom. The first-order valence-electron chi connectivity index (χ1n) is 9.65. The summed E-state index contributed by atoms with van der Waals surface area (Å²) < 4.78 is 18.5. The van der Waals surface area contributed by atoms with Crippen LogP contribution in [0.5, 0.6) is 5.75 Å². The second kappa shape index (κ2) is 9.89. The molecule has 152 valence electrons. The largest absolute Gasteiger partial charge is 0.495 e. The van der Waals surface area contributed by atoms with Crippen molar-refractivity contribution in [2.75, 3.05) is 56.2 Å². The van der Waals surface area contributed by atoms with Crippen molar-refractivity contribution in [3.05, 3.63) is 54.3 Å². The number of methoxy groups -OCH3 is 1. The van der Waals surface area contributed by atoms with E-state index in [1.807, 2.05) is 24.3 Å². The monoisotopic (exact) mass is 396 g/mol. The van der Waals surface area contributed by atoms with Crippen LogP contribution in [0.3, 0.4) is 0 Å². The molecule has 6 nitrogen and oxygen atoms in total. The van der Waals surface area contributed by atoms with Gasteiger partial charge in [-0.3, -0.25) is 9.69 Å². The van der Waals surface area contributed by atoms with Gasteiger partial charge in [0.25, 0.3) is 0 Å². The molecule has 3 rings (SSSR count). The number of anilines is 2. The highest BCUT2D eigenvalue weighted by atomic mass is 19.1. The Labute approximate surface area is 170 Å². The molecule has 2 aromatic carbocycles. The number of nitrogens with zero attached hydrogens (tertiary/aromatic N) is 4. The SMILES string of the molecule is COc1ccccc1N(CCC#N)C(=O)CN1CCN(c2ccc(F)cc2)CC1. The van der Waals surface area contributed by atoms with Crippen LogP contribution in [0.1, 0.15) is 6.42 Å². The molecule has 29 heavy (non-hydrogen) atoms. The first-order valence-corrected chi connectivity index (χ1v) is 9.65. The third kappa shape index (κ3) is 5.24. The molecule has 0 N–H and O–H groups in total. The lowest BCUT2D eigenvalue weighted by Gasteiger charge is -2.36. The van der Waals surface area contributed by atoms with Crippen LogP contribution >= 0.6 is 0 Å². The van der Waals surface area contributed by atoms with Crippen molar-refractivity contribution in [2.45, 2.75) is 6.42 Å². The van der Waals surface area contributed by atoms with Gasteiger partial charge in [0.15, 0.2) is 0 Å². The molecule has 1 saturated heterocycles. The first-order chi connectivity index (χ1) is 14.1. The van der Waals surface area contributed by atoms with Crippen LogP contribution in [-0.2, 0) is 4.79 Å². The van der Waals surface area contributed by atoms with E-state index in [0.29, 0.717) is 18.0 Å². The maximum Gasteiger partial charge on any atom is 0.241 e. The fourth-order valence-electron chi connectivity index (χ4n) is 3.49. The van der Waals surface area contributed by atoms with E-state index in [2.05, 4.69) is 15.9 Å². The molecule has 2 aromatic rings. The number of nitriles is 1. The second-order valence-electron chi connectivity index (χ2n) is 6.86. The van der Waals surface area contributed by atoms with Gasteiger partial charge in [0.05, 0.1) is 31.8 Å². The number of amides is 1. The summed E-state index contributed by atoms with van der Waals surface area (Å²) in [4.78, 5) is 19.0.